The Labute approximate surface area is 168 Å². The Bertz CT molecular complexity index is 960. The minimum atomic E-state index is -4.06. The zero-order valence-corrected chi connectivity index (χ0v) is 16.8. The summed E-state index contributed by atoms with van der Waals surface area (Å²) < 4.78 is 60.2. The van der Waals surface area contributed by atoms with Crippen molar-refractivity contribution in [1.82, 2.24) is 0 Å². The Balaban J connectivity index is 2.18. The molecule has 0 bridgehead atoms. The molecule has 7 heteroatoms. The van der Waals surface area contributed by atoms with Crippen LogP contribution >= 0.6 is 11.6 Å². The van der Waals surface area contributed by atoms with Gasteiger partial charge in [0.15, 0.2) is 9.84 Å². The number of rotatable bonds is 6. The fourth-order valence-corrected chi connectivity index (χ4v) is 6.19. The van der Waals surface area contributed by atoms with Gasteiger partial charge in [-0.05, 0) is 68.1 Å². The maximum absolute atomic E-state index is 14.8. The van der Waals surface area contributed by atoms with E-state index >= 15 is 0 Å². The summed E-state index contributed by atoms with van der Waals surface area (Å²) in [6, 6.07) is 8.67. The van der Waals surface area contributed by atoms with Crippen molar-refractivity contribution in [1.29, 1.82) is 0 Å². The van der Waals surface area contributed by atoms with E-state index in [0.29, 0.717) is 17.9 Å². The maximum atomic E-state index is 14.8. The first-order valence-electron chi connectivity index (χ1n) is 8.98. The summed E-state index contributed by atoms with van der Waals surface area (Å²) in [5.74, 6) is -1.43. The summed E-state index contributed by atoms with van der Waals surface area (Å²) in [7, 11) is -4.06. The topological polar surface area (TPSA) is 43.4 Å². The van der Waals surface area contributed by atoms with Crippen LogP contribution in [-0.4, -0.2) is 21.1 Å². The monoisotopic (exact) mass is 426 g/mol. The van der Waals surface area contributed by atoms with Crippen molar-refractivity contribution in [2.45, 2.75) is 41.4 Å². The molecule has 1 fully saturated rings. The second-order valence-electron chi connectivity index (χ2n) is 6.92. The molecule has 1 aliphatic rings. The molecular formula is C21H21ClF2O3S. The van der Waals surface area contributed by atoms with Crippen molar-refractivity contribution >= 4 is 21.4 Å². The Morgan fingerprint density at radius 1 is 1.21 bits per heavy atom. The van der Waals surface area contributed by atoms with Crippen LogP contribution in [0, 0.1) is 11.6 Å². The third kappa shape index (κ3) is 3.86. The Kier molecular flexibility index (Phi) is 6.22. The summed E-state index contributed by atoms with van der Waals surface area (Å²) >= 11 is 5.89. The first-order valence-corrected chi connectivity index (χ1v) is 10.8. The van der Waals surface area contributed by atoms with Crippen molar-refractivity contribution in [2.75, 3.05) is 6.61 Å². The lowest BCUT2D eigenvalue weighted by Crippen LogP contribution is -2.43. The molecule has 3 rings (SSSR count). The van der Waals surface area contributed by atoms with Crippen LogP contribution in [0.15, 0.2) is 60.0 Å². The highest BCUT2D eigenvalue weighted by Gasteiger charge is 2.51. The minimum Gasteiger partial charge on any atom is -0.374 e. The van der Waals surface area contributed by atoms with E-state index in [1.807, 2.05) is 0 Å². The summed E-state index contributed by atoms with van der Waals surface area (Å²) in [4.78, 5) is 0.0185. The van der Waals surface area contributed by atoms with Crippen molar-refractivity contribution in [3.8, 4) is 0 Å². The van der Waals surface area contributed by atoms with Crippen molar-refractivity contribution in [3.05, 3.63) is 77.3 Å². The highest BCUT2D eigenvalue weighted by atomic mass is 35.5. The predicted molar refractivity (Wildman–Crippen MR) is 105 cm³/mol. The van der Waals surface area contributed by atoms with E-state index in [0.717, 1.165) is 18.2 Å². The first-order chi connectivity index (χ1) is 13.3. The average Bonchev–Trinajstić information content (AvgIpc) is 2.68. The lowest BCUT2D eigenvalue weighted by Gasteiger charge is -2.40. The Morgan fingerprint density at radius 2 is 1.93 bits per heavy atom. The normalized spacial score (nSPS) is 22.8. The average molecular weight is 427 g/mol. The summed E-state index contributed by atoms with van der Waals surface area (Å²) in [6.07, 6.45) is 2.52. The summed E-state index contributed by atoms with van der Waals surface area (Å²) in [5.41, 5.74) is -0.158. The van der Waals surface area contributed by atoms with E-state index in [9.17, 15) is 17.2 Å². The van der Waals surface area contributed by atoms with Crippen LogP contribution in [0.2, 0.25) is 5.02 Å². The molecule has 0 unspecified atom stereocenters. The molecule has 0 aliphatic heterocycles. The molecule has 0 saturated heterocycles. The molecule has 3 nitrogen and oxygen atoms in total. The third-order valence-electron chi connectivity index (χ3n) is 5.17. The van der Waals surface area contributed by atoms with Crippen LogP contribution in [0.25, 0.3) is 0 Å². The van der Waals surface area contributed by atoms with Gasteiger partial charge in [0, 0.05) is 10.6 Å². The molecule has 0 aromatic heterocycles. The lowest BCUT2D eigenvalue weighted by molar-refractivity contribution is 0.0332. The van der Waals surface area contributed by atoms with Gasteiger partial charge in [0.2, 0.25) is 0 Å². The molecule has 150 valence electrons. The quantitative estimate of drug-likeness (QED) is 0.578. The largest absolute Gasteiger partial charge is 0.374 e. The van der Waals surface area contributed by atoms with Gasteiger partial charge >= 0.3 is 0 Å². The highest BCUT2D eigenvalue weighted by Crippen LogP contribution is 2.48. The van der Waals surface area contributed by atoms with Crippen LogP contribution < -0.4 is 0 Å². The fraction of sp³-hybridized carbons (Fsp3) is 0.333. The Morgan fingerprint density at radius 3 is 2.61 bits per heavy atom. The lowest BCUT2D eigenvalue weighted by atomic mass is 9.81. The summed E-state index contributed by atoms with van der Waals surface area (Å²) in [6.45, 7) is 3.86. The number of benzene rings is 2. The molecule has 0 radical (unpaired) electrons. The molecular weight excluding hydrogens is 406 g/mol. The molecule has 2 aromatic carbocycles. The molecule has 0 N–H and O–H groups in total. The van der Waals surface area contributed by atoms with E-state index in [4.69, 9.17) is 16.3 Å². The molecule has 1 aliphatic carbocycles. The van der Waals surface area contributed by atoms with Crippen LogP contribution in [0.3, 0.4) is 0 Å². The van der Waals surface area contributed by atoms with E-state index in [2.05, 4.69) is 6.58 Å². The standard InChI is InChI=1S/C21H21ClF2O3S/c1-2-12-27-17-4-3-11-21(14-17,19-13-16(23)7-10-20(19)24)28(25,26)18-8-5-15(22)6-9-18/h2,5-10,13,17H,1,3-4,11-12,14H2/t17-,21+/m1/s1. The van der Waals surface area contributed by atoms with E-state index < -0.39 is 32.3 Å². The van der Waals surface area contributed by atoms with E-state index in [1.165, 1.54) is 24.3 Å². The van der Waals surface area contributed by atoms with Gasteiger partial charge in [-0.3, -0.25) is 0 Å². The van der Waals surface area contributed by atoms with Crippen LogP contribution in [0.5, 0.6) is 0 Å². The number of hydrogen-bond acceptors (Lipinski definition) is 3. The van der Waals surface area contributed by atoms with Crippen molar-refractivity contribution in [2.24, 2.45) is 0 Å². The number of ether oxygens (including phenoxy) is 1. The third-order valence-corrected chi connectivity index (χ3v) is 7.94. The van der Waals surface area contributed by atoms with Gasteiger partial charge in [0.05, 0.1) is 17.6 Å². The van der Waals surface area contributed by atoms with Gasteiger partial charge in [0.1, 0.15) is 16.4 Å². The van der Waals surface area contributed by atoms with Gasteiger partial charge in [-0.1, -0.05) is 17.7 Å². The zero-order valence-electron chi connectivity index (χ0n) is 15.2. The van der Waals surface area contributed by atoms with Gasteiger partial charge in [-0.25, -0.2) is 17.2 Å². The van der Waals surface area contributed by atoms with Gasteiger partial charge in [-0.2, -0.15) is 0 Å². The van der Waals surface area contributed by atoms with Gasteiger partial charge in [0.25, 0.3) is 0 Å². The van der Waals surface area contributed by atoms with Crippen LogP contribution in [0.1, 0.15) is 31.2 Å². The van der Waals surface area contributed by atoms with Crippen molar-refractivity contribution < 1.29 is 21.9 Å². The zero-order chi connectivity index (χ0) is 20.4. The smallest absolute Gasteiger partial charge is 0.188 e. The highest BCUT2D eigenvalue weighted by molar-refractivity contribution is 7.92. The van der Waals surface area contributed by atoms with Gasteiger partial charge in [-0.15, -0.1) is 6.58 Å². The molecule has 0 amide bonds. The fourth-order valence-electron chi connectivity index (χ4n) is 3.85. The molecule has 2 atom stereocenters. The van der Waals surface area contributed by atoms with E-state index in [-0.39, 0.29) is 29.9 Å². The predicted octanol–water partition coefficient (Wildman–Crippen LogP) is 5.43. The van der Waals surface area contributed by atoms with Crippen LogP contribution in [0.4, 0.5) is 8.78 Å². The molecule has 28 heavy (non-hydrogen) atoms. The molecule has 0 spiro atoms. The minimum absolute atomic E-state index is 0.0185. The SMILES string of the molecule is C=CCO[C@@H]1CCC[C@](c2cc(F)ccc2F)(S(=O)(=O)c2ccc(Cl)cc2)C1. The molecule has 2 aromatic rings. The Hall–Kier alpha value is -1.76. The second-order valence-corrected chi connectivity index (χ2v) is 9.61. The first kappa shape index (κ1) is 21.0. The number of halogens is 3. The molecule has 1 saturated carbocycles. The van der Waals surface area contributed by atoms with Gasteiger partial charge < -0.3 is 4.74 Å². The number of hydrogen-bond donors (Lipinski definition) is 0. The molecule has 0 heterocycles. The second kappa shape index (κ2) is 8.31. The van der Waals surface area contributed by atoms with Crippen molar-refractivity contribution in [3.63, 3.8) is 0 Å². The maximum Gasteiger partial charge on any atom is 0.188 e. The number of sulfone groups is 1. The summed E-state index contributed by atoms with van der Waals surface area (Å²) in [5, 5.41) is 0.390. The van der Waals surface area contributed by atoms with E-state index in [1.54, 1.807) is 6.08 Å². The van der Waals surface area contributed by atoms with Crippen LogP contribution in [-0.2, 0) is 19.3 Å².